The fourth-order valence-corrected chi connectivity index (χ4v) is 2.48. The summed E-state index contributed by atoms with van der Waals surface area (Å²) in [6.07, 6.45) is 2.73. The van der Waals surface area contributed by atoms with E-state index in [1.165, 1.54) is 0 Å². The van der Waals surface area contributed by atoms with Crippen molar-refractivity contribution < 1.29 is 4.79 Å². The second-order valence-corrected chi connectivity index (χ2v) is 5.20. The van der Waals surface area contributed by atoms with E-state index in [0.29, 0.717) is 6.54 Å². The number of rotatable bonds is 4. The largest absolute Gasteiger partial charge is 0.336 e. The third-order valence-electron chi connectivity index (χ3n) is 4.10. The second-order valence-electron chi connectivity index (χ2n) is 5.20. The summed E-state index contributed by atoms with van der Waals surface area (Å²) in [4.78, 5) is 14.3. The molecule has 0 radical (unpaired) electrons. The van der Waals surface area contributed by atoms with Crippen molar-refractivity contribution in [3.8, 4) is 0 Å². The lowest BCUT2D eigenvalue weighted by Gasteiger charge is -2.36. The number of hydrogen-bond donors (Lipinski definition) is 1. The molecule has 2 rings (SSSR count). The van der Waals surface area contributed by atoms with Crippen LogP contribution in [0.25, 0.3) is 0 Å². The van der Waals surface area contributed by atoms with Crippen molar-refractivity contribution in [1.82, 2.24) is 4.90 Å². The van der Waals surface area contributed by atoms with Crippen LogP contribution in [0.2, 0.25) is 0 Å². The van der Waals surface area contributed by atoms with E-state index in [4.69, 9.17) is 5.73 Å². The number of nitrogens with two attached hydrogens (primary N) is 1. The SMILES string of the molecule is CCC(N)(CC)CN1CCc2ccccc2C1=O. The van der Waals surface area contributed by atoms with Crippen molar-refractivity contribution >= 4 is 5.91 Å². The van der Waals surface area contributed by atoms with E-state index < -0.39 is 0 Å². The molecule has 1 heterocycles. The third kappa shape index (κ3) is 2.41. The van der Waals surface area contributed by atoms with Crippen molar-refractivity contribution in [3.05, 3.63) is 35.4 Å². The summed E-state index contributed by atoms with van der Waals surface area (Å²) in [5.41, 5.74) is 8.07. The van der Waals surface area contributed by atoms with Crippen LogP contribution in [-0.2, 0) is 6.42 Å². The molecule has 0 spiro atoms. The van der Waals surface area contributed by atoms with Gasteiger partial charge in [0.25, 0.3) is 5.91 Å². The lowest BCUT2D eigenvalue weighted by Crippen LogP contribution is -2.52. The van der Waals surface area contributed by atoms with E-state index in [0.717, 1.165) is 36.9 Å². The summed E-state index contributed by atoms with van der Waals surface area (Å²) in [7, 11) is 0. The normalized spacial score (nSPS) is 15.7. The van der Waals surface area contributed by atoms with Gasteiger partial charge in [0.2, 0.25) is 0 Å². The average molecular weight is 246 g/mol. The molecule has 0 bridgehead atoms. The first-order valence-electron chi connectivity index (χ1n) is 6.75. The Morgan fingerprint density at radius 2 is 1.94 bits per heavy atom. The predicted molar refractivity (Wildman–Crippen MR) is 73.5 cm³/mol. The van der Waals surface area contributed by atoms with Crippen LogP contribution < -0.4 is 5.73 Å². The van der Waals surface area contributed by atoms with Crippen LogP contribution in [0.5, 0.6) is 0 Å². The number of nitrogens with zero attached hydrogens (tertiary/aromatic N) is 1. The molecule has 0 atom stereocenters. The average Bonchev–Trinajstić information content (AvgIpc) is 2.42. The number of benzene rings is 1. The number of hydrogen-bond acceptors (Lipinski definition) is 2. The zero-order chi connectivity index (χ0) is 13.2. The van der Waals surface area contributed by atoms with Crippen LogP contribution in [0.1, 0.15) is 42.6 Å². The third-order valence-corrected chi connectivity index (χ3v) is 4.10. The highest BCUT2D eigenvalue weighted by atomic mass is 16.2. The Hall–Kier alpha value is -1.35. The van der Waals surface area contributed by atoms with E-state index in [-0.39, 0.29) is 11.4 Å². The maximum absolute atomic E-state index is 12.4. The lowest BCUT2D eigenvalue weighted by atomic mass is 9.91. The molecule has 0 aromatic heterocycles. The Kier molecular flexibility index (Phi) is 3.71. The van der Waals surface area contributed by atoms with Crippen LogP contribution in [0, 0.1) is 0 Å². The van der Waals surface area contributed by atoms with Gasteiger partial charge >= 0.3 is 0 Å². The van der Waals surface area contributed by atoms with Gasteiger partial charge < -0.3 is 10.6 Å². The number of fused-ring (bicyclic) bond motifs is 1. The first kappa shape index (κ1) is 13.1. The Bertz CT molecular complexity index is 438. The summed E-state index contributed by atoms with van der Waals surface area (Å²) in [5.74, 6) is 0.133. The second kappa shape index (κ2) is 5.11. The predicted octanol–water partition coefficient (Wildman–Crippen LogP) is 2.20. The quantitative estimate of drug-likeness (QED) is 0.885. The van der Waals surface area contributed by atoms with Crippen molar-refractivity contribution in [2.45, 2.75) is 38.6 Å². The summed E-state index contributed by atoms with van der Waals surface area (Å²) in [6, 6.07) is 7.88. The Morgan fingerprint density at radius 3 is 2.61 bits per heavy atom. The molecule has 1 aromatic carbocycles. The molecule has 98 valence electrons. The van der Waals surface area contributed by atoms with Gasteiger partial charge in [0.05, 0.1) is 0 Å². The molecule has 1 aliphatic heterocycles. The van der Waals surface area contributed by atoms with Crippen molar-refractivity contribution in [1.29, 1.82) is 0 Å². The molecule has 3 heteroatoms. The lowest BCUT2D eigenvalue weighted by molar-refractivity contribution is 0.0691. The van der Waals surface area contributed by atoms with Crippen molar-refractivity contribution in [2.24, 2.45) is 5.73 Å². The van der Waals surface area contributed by atoms with Crippen LogP contribution in [-0.4, -0.2) is 29.4 Å². The Morgan fingerprint density at radius 1 is 1.28 bits per heavy atom. The molecule has 0 unspecified atom stereocenters. The molecular weight excluding hydrogens is 224 g/mol. The van der Waals surface area contributed by atoms with Gasteiger partial charge in [-0.3, -0.25) is 4.79 Å². The van der Waals surface area contributed by atoms with Crippen LogP contribution in [0.4, 0.5) is 0 Å². The van der Waals surface area contributed by atoms with Gasteiger partial charge in [-0.2, -0.15) is 0 Å². The monoisotopic (exact) mass is 246 g/mol. The van der Waals surface area contributed by atoms with Gasteiger partial charge in [0.15, 0.2) is 0 Å². The van der Waals surface area contributed by atoms with Crippen LogP contribution >= 0.6 is 0 Å². The standard InChI is InChI=1S/C15H22N2O/c1-3-15(16,4-2)11-17-10-9-12-7-5-6-8-13(12)14(17)18/h5-8H,3-4,9-11,16H2,1-2H3. The summed E-state index contributed by atoms with van der Waals surface area (Å²) >= 11 is 0. The minimum Gasteiger partial charge on any atom is -0.336 e. The summed E-state index contributed by atoms with van der Waals surface area (Å²) in [6.45, 7) is 5.62. The maximum Gasteiger partial charge on any atom is 0.254 e. The van der Waals surface area contributed by atoms with E-state index in [2.05, 4.69) is 13.8 Å². The minimum absolute atomic E-state index is 0.133. The van der Waals surface area contributed by atoms with Gasteiger partial charge in [0, 0.05) is 24.2 Å². The van der Waals surface area contributed by atoms with Crippen LogP contribution in [0.15, 0.2) is 24.3 Å². The highest BCUT2D eigenvalue weighted by Gasteiger charge is 2.30. The topological polar surface area (TPSA) is 46.3 Å². The molecule has 2 N–H and O–H groups in total. The van der Waals surface area contributed by atoms with Gasteiger partial charge in [-0.15, -0.1) is 0 Å². The highest BCUT2D eigenvalue weighted by Crippen LogP contribution is 2.21. The summed E-state index contributed by atoms with van der Waals surface area (Å²) < 4.78 is 0. The van der Waals surface area contributed by atoms with Crippen molar-refractivity contribution in [2.75, 3.05) is 13.1 Å². The van der Waals surface area contributed by atoms with E-state index >= 15 is 0 Å². The molecular formula is C15H22N2O. The van der Waals surface area contributed by atoms with Crippen molar-refractivity contribution in [3.63, 3.8) is 0 Å². The van der Waals surface area contributed by atoms with Gasteiger partial charge in [-0.25, -0.2) is 0 Å². The Balaban J connectivity index is 2.17. The van der Waals surface area contributed by atoms with Crippen LogP contribution in [0.3, 0.4) is 0 Å². The van der Waals surface area contributed by atoms with Gasteiger partial charge in [-0.1, -0.05) is 32.0 Å². The molecule has 1 aromatic rings. The maximum atomic E-state index is 12.4. The van der Waals surface area contributed by atoms with E-state index in [1.54, 1.807) is 0 Å². The molecule has 0 aliphatic carbocycles. The number of amides is 1. The van der Waals surface area contributed by atoms with E-state index in [9.17, 15) is 4.79 Å². The van der Waals surface area contributed by atoms with E-state index in [1.807, 2.05) is 29.2 Å². The summed E-state index contributed by atoms with van der Waals surface area (Å²) in [5, 5.41) is 0. The zero-order valence-electron chi connectivity index (χ0n) is 11.3. The highest BCUT2D eigenvalue weighted by molar-refractivity contribution is 5.96. The minimum atomic E-state index is -0.248. The first-order valence-corrected chi connectivity index (χ1v) is 6.75. The zero-order valence-corrected chi connectivity index (χ0v) is 11.3. The van der Waals surface area contributed by atoms with Gasteiger partial charge in [0.1, 0.15) is 0 Å². The smallest absolute Gasteiger partial charge is 0.254 e. The molecule has 0 saturated carbocycles. The molecule has 18 heavy (non-hydrogen) atoms. The van der Waals surface area contributed by atoms with Gasteiger partial charge in [-0.05, 0) is 30.9 Å². The molecule has 0 fully saturated rings. The molecule has 3 nitrogen and oxygen atoms in total. The fourth-order valence-electron chi connectivity index (χ4n) is 2.48. The Labute approximate surface area is 109 Å². The first-order chi connectivity index (χ1) is 8.59. The molecule has 1 aliphatic rings. The molecule has 1 amide bonds. The fraction of sp³-hybridized carbons (Fsp3) is 0.533. The number of carbonyl (C=O) groups excluding carboxylic acids is 1. The number of carbonyl (C=O) groups is 1. The molecule has 0 saturated heterocycles.